The van der Waals surface area contributed by atoms with Gasteiger partial charge in [0.2, 0.25) is 0 Å². The molecule has 0 saturated carbocycles. The van der Waals surface area contributed by atoms with Gasteiger partial charge in [-0.1, -0.05) is 56.5 Å². The van der Waals surface area contributed by atoms with Crippen LogP contribution in [0.25, 0.3) is 0 Å². The minimum Gasteiger partial charge on any atom is -0.310 e. The van der Waals surface area contributed by atoms with E-state index in [1.165, 1.54) is 6.42 Å². The van der Waals surface area contributed by atoms with Crippen LogP contribution in [0.4, 0.5) is 0 Å². The van der Waals surface area contributed by atoms with Crippen molar-refractivity contribution in [3.63, 3.8) is 0 Å². The molecular weight excluding hydrogens is 253 g/mol. The van der Waals surface area contributed by atoms with Crippen molar-refractivity contribution < 1.29 is 0 Å². The lowest BCUT2D eigenvalue weighted by atomic mass is 9.94. The average Bonchev–Trinajstić information content (AvgIpc) is 2.28. The Morgan fingerprint density at radius 3 is 2.47 bits per heavy atom. The third kappa shape index (κ3) is 4.50. The number of nitrogens with one attached hydrogen (secondary N) is 1. The second kappa shape index (κ2) is 7.25. The summed E-state index contributed by atoms with van der Waals surface area (Å²) in [6.45, 7) is 7.55. The van der Waals surface area contributed by atoms with Crippen LogP contribution in [0.3, 0.4) is 0 Å². The van der Waals surface area contributed by atoms with Gasteiger partial charge in [-0.2, -0.15) is 0 Å². The van der Waals surface area contributed by atoms with Gasteiger partial charge in [0.1, 0.15) is 0 Å². The normalized spacial score (nSPS) is 14.6. The maximum atomic E-state index is 6.26. The molecular formula is C14H21Cl2N. The molecule has 1 N–H and O–H groups in total. The summed E-state index contributed by atoms with van der Waals surface area (Å²) in [6.07, 6.45) is 2.29. The summed E-state index contributed by atoms with van der Waals surface area (Å²) in [5, 5.41) is 4.95. The van der Waals surface area contributed by atoms with E-state index in [1.54, 1.807) is 0 Å². The van der Waals surface area contributed by atoms with E-state index in [1.807, 2.05) is 18.2 Å². The highest BCUT2D eigenvalue weighted by atomic mass is 35.5. The summed E-state index contributed by atoms with van der Waals surface area (Å²) in [5.41, 5.74) is 1.15. The van der Waals surface area contributed by atoms with E-state index in [4.69, 9.17) is 23.2 Å². The Kier molecular flexibility index (Phi) is 6.32. The van der Waals surface area contributed by atoms with Crippen molar-refractivity contribution in [1.29, 1.82) is 0 Å². The molecule has 0 fully saturated rings. The number of hydrogen-bond acceptors (Lipinski definition) is 1. The van der Waals surface area contributed by atoms with Crippen molar-refractivity contribution in [2.24, 2.45) is 5.92 Å². The molecule has 0 amide bonds. The van der Waals surface area contributed by atoms with Gasteiger partial charge >= 0.3 is 0 Å². The molecule has 1 rings (SSSR count). The van der Waals surface area contributed by atoms with Crippen LogP contribution in [0.2, 0.25) is 10.0 Å². The molecule has 3 heteroatoms. The van der Waals surface area contributed by atoms with Gasteiger partial charge in [0.25, 0.3) is 0 Å². The molecule has 0 aliphatic heterocycles. The largest absolute Gasteiger partial charge is 0.310 e. The Morgan fingerprint density at radius 2 is 1.94 bits per heavy atom. The number of hydrogen-bond donors (Lipinski definition) is 1. The van der Waals surface area contributed by atoms with E-state index in [0.717, 1.165) is 23.6 Å². The van der Waals surface area contributed by atoms with E-state index >= 15 is 0 Å². The molecule has 0 bridgehead atoms. The zero-order chi connectivity index (χ0) is 12.8. The third-order valence-electron chi connectivity index (χ3n) is 3.12. The minimum absolute atomic E-state index is 0.319. The predicted octanol–water partition coefficient (Wildman–Crippen LogP) is 5.08. The fraction of sp³-hybridized carbons (Fsp3) is 0.571. The first-order valence-electron chi connectivity index (χ1n) is 6.26. The molecule has 0 aromatic heterocycles. The van der Waals surface area contributed by atoms with Crippen LogP contribution in [0.1, 0.15) is 45.2 Å². The molecule has 0 radical (unpaired) electrons. The lowest BCUT2D eigenvalue weighted by Gasteiger charge is -2.22. The van der Waals surface area contributed by atoms with Crippen LogP contribution in [-0.2, 0) is 0 Å². The molecule has 0 heterocycles. The Labute approximate surface area is 115 Å². The Morgan fingerprint density at radius 1 is 1.24 bits per heavy atom. The van der Waals surface area contributed by atoms with Gasteiger partial charge in [-0.15, -0.1) is 0 Å². The zero-order valence-electron chi connectivity index (χ0n) is 10.8. The van der Waals surface area contributed by atoms with Gasteiger partial charge in [-0.3, -0.25) is 0 Å². The van der Waals surface area contributed by atoms with Gasteiger partial charge in [0, 0.05) is 16.1 Å². The van der Waals surface area contributed by atoms with Crippen molar-refractivity contribution in [2.45, 2.75) is 39.7 Å². The third-order valence-corrected chi connectivity index (χ3v) is 3.69. The fourth-order valence-electron chi connectivity index (χ4n) is 1.92. The van der Waals surface area contributed by atoms with Gasteiger partial charge < -0.3 is 5.32 Å². The fourth-order valence-corrected chi connectivity index (χ4v) is 2.46. The maximum absolute atomic E-state index is 6.26. The van der Waals surface area contributed by atoms with E-state index < -0.39 is 0 Å². The predicted molar refractivity (Wildman–Crippen MR) is 77.0 cm³/mol. The summed E-state index contributed by atoms with van der Waals surface area (Å²) in [6, 6.07) is 6.07. The minimum atomic E-state index is 0.319. The molecule has 2 unspecified atom stereocenters. The van der Waals surface area contributed by atoms with Gasteiger partial charge in [-0.05, 0) is 36.6 Å². The zero-order valence-corrected chi connectivity index (χ0v) is 12.3. The number of halogens is 2. The lowest BCUT2D eigenvalue weighted by Crippen LogP contribution is -2.23. The van der Waals surface area contributed by atoms with Crippen LogP contribution in [0.5, 0.6) is 0 Å². The van der Waals surface area contributed by atoms with E-state index in [0.29, 0.717) is 17.0 Å². The monoisotopic (exact) mass is 273 g/mol. The summed E-state index contributed by atoms with van der Waals surface area (Å²) < 4.78 is 0. The summed E-state index contributed by atoms with van der Waals surface area (Å²) >= 11 is 12.2. The summed E-state index contributed by atoms with van der Waals surface area (Å²) in [4.78, 5) is 0. The summed E-state index contributed by atoms with van der Waals surface area (Å²) in [5.74, 6) is 0.686. The van der Waals surface area contributed by atoms with Gasteiger partial charge in [0.15, 0.2) is 0 Å². The first-order chi connectivity index (χ1) is 8.08. The highest BCUT2D eigenvalue weighted by Gasteiger charge is 2.16. The van der Waals surface area contributed by atoms with Crippen LogP contribution in [-0.4, -0.2) is 6.54 Å². The maximum Gasteiger partial charge on any atom is 0.0468 e. The van der Waals surface area contributed by atoms with Crippen LogP contribution in [0.15, 0.2) is 18.2 Å². The smallest absolute Gasteiger partial charge is 0.0468 e. The van der Waals surface area contributed by atoms with E-state index in [2.05, 4.69) is 26.1 Å². The topological polar surface area (TPSA) is 12.0 Å². The molecule has 96 valence electrons. The lowest BCUT2D eigenvalue weighted by molar-refractivity contribution is 0.408. The van der Waals surface area contributed by atoms with Crippen LogP contribution in [0, 0.1) is 5.92 Å². The molecule has 0 aliphatic rings. The molecule has 1 nitrogen and oxygen atoms in total. The standard InChI is InChI=1S/C14H21Cl2N/c1-4-10(3)8-14(17-5-2)12-7-6-11(15)9-13(12)16/h6-7,9-10,14,17H,4-5,8H2,1-3H3. The van der Waals surface area contributed by atoms with Crippen molar-refractivity contribution in [2.75, 3.05) is 6.54 Å². The Balaban J connectivity index is 2.88. The van der Waals surface area contributed by atoms with Gasteiger partial charge in [-0.25, -0.2) is 0 Å². The highest BCUT2D eigenvalue weighted by molar-refractivity contribution is 6.35. The number of rotatable bonds is 6. The van der Waals surface area contributed by atoms with Crippen LogP contribution < -0.4 is 5.32 Å². The average molecular weight is 274 g/mol. The first-order valence-corrected chi connectivity index (χ1v) is 7.02. The molecule has 0 saturated heterocycles. The van der Waals surface area contributed by atoms with Crippen LogP contribution >= 0.6 is 23.2 Å². The van der Waals surface area contributed by atoms with Gasteiger partial charge in [0.05, 0.1) is 0 Å². The quantitative estimate of drug-likeness (QED) is 0.762. The van der Waals surface area contributed by atoms with Crippen molar-refractivity contribution in [3.05, 3.63) is 33.8 Å². The first kappa shape index (κ1) is 14.8. The Hall–Kier alpha value is -0.240. The van der Waals surface area contributed by atoms with Crippen molar-refractivity contribution in [1.82, 2.24) is 5.32 Å². The second-order valence-electron chi connectivity index (χ2n) is 4.53. The second-order valence-corrected chi connectivity index (χ2v) is 5.37. The van der Waals surface area contributed by atoms with Crippen molar-refractivity contribution >= 4 is 23.2 Å². The molecule has 1 aromatic rings. The Bertz CT molecular complexity index is 352. The molecule has 0 spiro atoms. The van der Waals surface area contributed by atoms with E-state index in [-0.39, 0.29) is 0 Å². The van der Waals surface area contributed by atoms with E-state index in [9.17, 15) is 0 Å². The molecule has 17 heavy (non-hydrogen) atoms. The summed E-state index contributed by atoms with van der Waals surface area (Å²) in [7, 11) is 0. The molecule has 2 atom stereocenters. The SMILES string of the molecule is CCNC(CC(C)CC)c1ccc(Cl)cc1Cl. The molecule has 1 aromatic carbocycles. The number of benzene rings is 1. The highest BCUT2D eigenvalue weighted by Crippen LogP contribution is 2.30. The van der Waals surface area contributed by atoms with Crippen molar-refractivity contribution in [3.8, 4) is 0 Å². The molecule has 0 aliphatic carbocycles.